The largest absolute Gasteiger partial charge is 0.399 e. The Balaban J connectivity index is 1.56. The van der Waals surface area contributed by atoms with Gasteiger partial charge < -0.3 is 11.5 Å². The van der Waals surface area contributed by atoms with E-state index in [0.29, 0.717) is 45.3 Å². The first-order valence-electron chi connectivity index (χ1n) is 12.1. The number of hydrogen-bond acceptors (Lipinski definition) is 4. The lowest BCUT2D eigenvalue weighted by Gasteiger charge is -2.26. The Labute approximate surface area is 221 Å². The summed E-state index contributed by atoms with van der Waals surface area (Å²) in [5.74, 6) is -0.431. The van der Waals surface area contributed by atoms with E-state index in [-0.39, 0.29) is 11.8 Å². The van der Waals surface area contributed by atoms with Crippen LogP contribution in [0.3, 0.4) is 0 Å². The summed E-state index contributed by atoms with van der Waals surface area (Å²) in [5.41, 5.74) is 16.6. The van der Waals surface area contributed by atoms with Crippen LogP contribution in [0.15, 0.2) is 133 Å². The molecule has 0 heterocycles. The summed E-state index contributed by atoms with van der Waals surface area (Å²) in [4.78, 5) is 30.6. The van der Waals surface area contributed by atoms with Crippen molar-refractivity contribution in [3.05, 3.63) is 145 Å². The van der Waals surface area contributed by atoms with Crippen molar-refractivity contribution in [1.82, 2.24) is 0 Å². The minimum absolute atomic E-state index is 0.216. The van der Waals surface area contributed by atoms with Gasteiger partial charge in [0.15, 0.2) is 0 Å². The number of anilines is 6. The van der Waals surface area contributed by atoms with Crippen molar-refractivity contribution in [2.45, 2.75) is 0 Å². The summed E-state index contributed by atoms with van der Waals surface area (Å²) in [6.45, 7) is 0. The van der Waals surface area contributed by atoms with E-state index in [1.165, 1.54) is 0 Å². The minimum atomic E-state index is -0.216. The molecule has 0 bridgehead atoms. The van der Waals surface area contributed by atoms with Crippen LogP contribution in [-0.4, -0.2) is 11.8 Å². The molecule has 4 N–H and O–H groups in total. The fraction of sp³-hybridized carbons (Fsp3) is 0. The highest BCUT2D eigenvalue weighted by Crippen LogP contribution is 2.33. The number of nitrogen functional groups attached to an aromatic ring is 2. The first-order valence-corrected chi connectivity index (χ1v) is 12.1. The molecule has 0 aliphatic rings. The van der Waals surface area contributed by atoms with Crippen molar-refractivity contribution >= 4 is 45.9 Å². The van der Waals surface area contributed by atoms with E-state index in [0.717, 1.165) is 0 Å². The molecule has 0 aliphatic heterocycles. The van der Waals surface area contributed by atoms with E-state index < -0.39 is 0 Å². The van der Waals surface area contributed by atoms with Gasteiger partial charge in [0.25, 0.3) is 11.8 Å². The van der Waals surface area contributed by atoms with Gasteiger partial charge >= 0.3 is 0 Å². The van der Waals surface area contributed by atoms with Crippen LogP contribution in [0.5, 0.6) is 0 Å². The Hall–Kier alpha value is -5.36. The molecule has 6 nitrogen and oxygen atoms in total. The Morgan fingerprint density at radius 3 is 1.11 bits per heavy atom. The van der Waals surface area contributed by atoms with Crippen molar-refractivity contribution in [3.8, 4) is 0 Å². The Morgan fingerprint density at radius 2 is 0.763 bits per heavy atom. The van der Waals surface area contributed by atoms with E-state index in [1.807, 2.05) is 84.9 Å². The quantitative estimate of drug-likeness (QED) is 0.252. The standard InChI is InChI=1S/C32H26N4O2/c33-25-11-7-9-23(21-25)31(37)35(27-13-3-1-4-14-27)29-17-19-30(20-18-29)36(28-15-5-2-6-16-28)32(38)24-10-8-12-26(34)22-24/h1-22H,33-34H2. The van der Waals surface area contributed by atoms with Crippen molar-refractivity contribution in [2.24, 2.45) is 0 Å². The smallest absolute Gasteiger partial charge is 0.262 e. The van der Waals surface area contributed by atoms with Gasteiger partial charge in [-0.2, -0.15) is 0 Å². The normalized spacial score (nSPS) is 10.5. The maximum atomic E-state index is 13.7. The molecule has 2 amide bonds. The number of para-hydroxylation sites is 2. The maximum Gasteiger partial charge on any atom is 0.262 e. The van der Waals surface area contributed by atoms with E-state index in [1.54, 1.807) is 58.3 Å². The second kappa shape index (κ2) is 10.7. The fourth-order valence-corrected chi connectivity index (χ4v) is 4.27. The van der Waals surface area contributed by atoms with Crippen molar-refractivity contribution in [1.29, 1.82) is 0 Å². The van der Waals surface area contributed by atoms with Crippen LogP contribution in [0, 0.1) is 0 Å². The van der Waals surface area contributed by atoms with Gasteiger partial charge in [-0.3, -0.25) is 19.4 Å². The van der Waals surface area contributed by atoms with Gasteiger partial charge in [-0.15, -0.1) is 0 Å². The molecule has 0 aromatic heterocycles. The second-order valence-electron chi connectivity index (χ2n) is 8.72. The average Bonchev–Trinajstić information content (AvgIpc) is 2.95. The highest BCUT2D eigenvalue weighted by molar-refractivity contribution is 6.13. The SMILES string of the molecule is Nc1cccc(C(=O)N(c2ccccc2)c2ccc(N(C(=O)c3cccc(N)c3)c3ccccc3)cc2)c1. The van der Waals surface area contributed by atoms with Gasteiger partial charge in [0.2, 0.25) is 0 Å². The molecule has 186 valence electrons. The monoisotopic (exact) mass is 498 g/mol. The third kappa shape index (κ3) is 5.10. The van der Waals surface area contributed by atoms with E-state index in [2.05, 4.69) is 0 Å². The minimum Gasteiger partial charge on any atom is -0.399 e. The molecule has 5 aromatic rings. The Morgan fingerprint density at radius 1 is 0.421 bits per heavy atom. The van der Waals surface area contributed by atoms with Gasteiger partial charge in [0.1, 0.15) is 0 Å². The number of hydrogen-bond donors (Lipinski definition) is 2. The zero-order valence-electron chi connectivity index (χ0n) is 20.6. The molecular weight excluding hydrogens is 472 g/mol. The van der Waals surface area contributed by atoms with Crippen LogP contribution in [-0.2, 0) is 0 Å². The highest BCUT2D eigenvalue weighted by Gasteiger charge is 2.23. The molecule has 0 radical (unpaired) electrons. The summed E-state index contributed by atoms with van der Waals surface area (Å²) >= 11 is 0. The second-order valence-corrected chi connectivity index (χ2v) is 8.72. The molecule has 0 aliphatic carbocycles. The number of nitrogens with zero attached hydrogens (tertiary/aromatic N) is 2. The zero-order chi connectivity index (χ0) is 26.5. The summed E-state index contributed by atoms with van der Waals surface area (Å²) < 4.78 is 0. The molecule has 0 atom stereocenters. The van der Waals surface area contributed by atoms with Gasteiger partial charge in [0.05, 0.1) is 0 Å². The number of benzene rings is 5. The topological polar surface area (TPSA) is 92.7 Å². The lowest BCUT2D eigenvalue weighted by atomic mass is 10.1. The molecule has 5 aromatic carbocycles. The number of nitrogens with two attached hydrogens (primary N) is 2. The predicted octanol–water partition coefficient (Wildman–Crippen LogP) is 6.81. The number of carbonyl (C=O) groups excluding carboxylic acids is 2. The van der Waals surface area contributed by atoms with Crippen LogP contribution >= 0.6 is 0 Å². The molecule has 38 heavy (non-hydrogen) atoms. The third-order valence-electron chi connectivity index (χ3n) is 6.07. The summed E-state index contributed by atoms with van der Waals surface area (Å²) in [6, 6.07) is 39.9. The van der Waals surface area contributed by atoms with E-state index >= 15 is 0 Å². The molecule has 0 saturated carbocycles. The van der Waals surface area contributed by atoms with E-state index in [4.69, 9.17) is 11.5 Å². The van der Waals surface area contributed by atoms with Crippen LogP contribution in [0.25, 0.3) is 0 Å². The number of carbonyl (C=O) groups is 2. The van der Waals surface area contributed by atoms with Crippen molar-refractivity contribution in [3.63, 3.8) is 0 Å². The summed E-state index contributed by atoms with van der Waals surface area (Å²) in [6.07, 6.45) is 0. The van der Waals surface area contributed by atoms with Crippen LogP contribution in [0.1, 0.15) is 20.7 Å². The molecule has 0 spiro atoms. The van der Waals surface area contributed by atoms with E-state index in [9.17, 15) is 9.59 Å². The first-order chi connectivity index (χ1) is 18.5. The van der Waals surface area contributed by atoms with Crippen molar-refractivity contribution in [2.75, 3.05) is 21.3 Å². The van der Waals surface area contributed by atoms with Gasteiger partial charge in [-0.05, 0) is 84.9 Å². The molecule has 0 saturated heterocycles. The van der Waals surface area contributed by atoms with Crippen LogP contribution < -0.4 is 21.3 Å². The fourth-order valence-electron chi connectivity index (χ4n) is 4.27. The van der Waals surface area contributed by atoms with Gasteiger partial charge in [-0.25, -0.2) is 0 Å². The molecule has 0 unspecified atom stereocenters. The maximum absolute atomic E-state index is 13.7. The van der Waals surface area contributed by atoms with Crippen LogP contribution in [0.2, 0.25) is 0 Å². The zero-order valence-corrected chi connectivity index (χ0v) is 20.6. The molecule has 0 fully saturated rings. The number of rotatable bonds is 6. The van der Waals surface area contributed by atoms with Crippen LogP contribution in [0.4, 0.5) is 34.1 Å². The Bertz CT molecular complexity index is 1450. The summed E-state index contributed by atoms with van der Waals surface area (Å²) in [5, 5.41) is 0. The lowest BCUT2D eigenvalue weighted by Crippen LogP contribution is -2.27. The highest BCUT2D eigenvalue weighted by atomic mass is 16.2. The Kier molecular flexibility index (Phi) is 6.87. The molecule has 5 rings (SSSR count). The van der Waals surface area contributed by atoms with Gasteiger partial charge in [-0.1, -0.05) is 48.5 Å². The lowest BCUT2D eigenvalue weighted by molar-refractivity contribution is 0.0991. The number of amides is 2. The van der Waals surface area contributed by atoms with Gasteiger partial charge in [0, 0.05) is 45.3 Å². The molecular formula is C32H26N4O2. The van der Waals surface area contributed by atoms with Crippen molar-refractivity contribution < 1.29 is 9.59 Å². The summed E-state index contributed by atoms with van der Waals surface area (Å²) in [7, 11) is 0. The third-order valence-corrected chi connectivity index (χ3v) is 6.07. The molecule has 6 heteroatoms. The first kappa shape index (κ1) is 24.3. The average molecular weight is 499 g/mol. The predicted molar refractivity (Wildman–Crippen MR) is 154 cm³/mol.